The summed E-state index contributed by atoms with van der Waals surface area (Å²) in [6.45, 7) is 2.16. The van der Waals surface area contributed by atoms with Gasteiger partial charge in [0.2, 0.25) is 5.91 Å². The maximum atomic E-state index is 11.1. The molecule has 0 bridgehead atoms. The van der Waals surface area contributed by atoms with Gasteiger partial charge in [0, 0.05) is 12.0 Å². The fourth-order valence-electron chi connectivity index (χ4n) is 3.17. The molecule has 16 heavy (non-hydrogen) atoms. The monoisotopic (exact) mass is 224 g/mol. The Bertz CT molecular complexity index is 226. The third-order valence-corrected chi connectivity index (χ3v) is 4.27. The molecule has 1 saturated heterocycles. The first-order chi connectivity index (χ1) is 7.77. The number of rotatable bonds is 2. The topological polar surface area (TPSA) is 46.3 Å². The molecule has 3 heteroatoms. The molecule has 0 aromatic carbocycles. The van der Waals surface area contributed by atoms with Crippen molar-refractivity contribution in [3.63, 3.8) is 0 Å². The van der Waals surface area contributed by atoms with Crippen LogP contribution in [0.3, 0.4) is 0 Å². The van der Waals surface area contributed by atoms with Gasteiger partial charge in [0.05, 0.1) is 0 Å². The van der Waals surface area contributed by atoms with Crippen molar-refractivity contribution in [1.82, 2.24) is 4.90 Å². The molecule has 1 amide bonds. The molecule has 0 radical (unpaired) electrons. The number of hydrogen-bond acceptors (Lipinski definition) is 2. The molecule has 2 fully saturated rings. The van der Waals surface area contributed by atoms with Crippen LogP contribution in [0.15, 0.2) is 0 Å². The minimum Gasteiger partial charge on any atom is -0.369 e. The van der Waals surface area contributed by atoms with E-state index in [-0.39, 0.29) is 11.8 Å². The molecule has 0 spiro atoms. The van der Waals surface area contributed by atoms with E-state index in [0.717, 1.165) is 32.0 Å². The SMILES string of the molecule is NC(=O)C1CCN(C2CCCCCC2)CC1. The van der Waals surface area contributed by atoms with Crippen LogP contribution in [0.2, 0.25) is 0 Å². The van der Waals surface area contributed by atoms with Crippen molar-refractivity contribution >= 4 is 5.91 Å². The number of carbonyl (C=O) groups is 1. The zero-order chi connectivity index (χ0) is 11.4. The van der Waals surface area contributed by atoms with Gasteiger partial charge in [-0.25, -0.2) is 0 Å². The van der Waals surface area contributed by atoms with Crippen molar-refractivity contribution in [2.75, 3.05) is 13.1 Å². The van der Waals surface area contributed by atoms with Crippen LogP contribution < -0.4 is 5.73 Å². The van der Waals surface area contributed by atoms with Crippen LogP contribution in [0.25, 0.3) is 0 Å². The van der Waals surface area contributed by atoms with Gasteiger partial charge in [0.25, 0.3) is 0 Å². The maximum absolute atomic E-state index is 11.1. The Labute approximate surface area is 98.4 Å². The first-order valence-electron chi connectivity index (χ1n) is 6.81. The molecule has 2 rings (SSSR count). The molecular formula is C13H24N2O. The number of carbonyl (C=O) groups excluding carboxylic acids is 1. The van der Waals surface area contributed by atoms with Gasteiger partial charge in [0.15, 0.2) is 0 Å². The van der Waals surface area contributed by atoms with E-state index in [2.05, 4.69) is 4.90 Å². The third-order valence-electron chi connectivity index (χ3n) is 4.27. The van der Waals surface area contributed by atoms with Gasteiger partial charge in [-0.1, -0.05) is 25.7 Å². The Morgan fingerprint density at radius 3 is 2.00 bits per heavy atom. The number of primary amides is 1. The standard InChI is InChI=1S/C13H24N2O/c14-13(16)11-7-9-15(10-8-11)12-5-3-1-2-4-6-12/h11-12H,1-10H2,(H2,14,16). The van der Waals surface area contributed by atoms with Crippen LogP contribution >= 0.6 is 0 Å². The Balaban J connectivity index is 1.81. The molecule has 2 N–H and O–H groups in total. The number of nitrogens with zero attached hydrogens (tertiary/aromatic N) is 1. The molecule has 0 unspecified atom stereocenters. The van der Waals surface area contributed by atoms with Crippen LogP contribution in [0.1, 0.15) is 51.4 Å². The Hall–Kier alpha value is -0.570. The second-order valence-corrected chi connectivity index (χ2v) is 5.36. The van der Waals surface area contributed by atoms with E-state index in [4.69, 9.17) is 5.73 Å². The van der Waals surface area contributed by atoms with Crippen LogP contribution in [0.4, 0.5) is 0 Å². The molecular weight excluding hydrogens is 200 g/mol. The van der Waals surface area contributed by atoms with Crippen molar-refractivity contribution in [2.45, 2.75) is 57.4 Å². The van der Waals surface area contributed by atoms with E-state index in [9.17, 15) is 4.79 Å². The highest BCUT2D eigenvalue weighted by Gasteiger charge is 2.27. The second-order valence-electron chi connectivity index (χ2n) is 5.36. The predicted octanol–water partition coefficient (Wildman–Crippen LogP) is 1.91. The molecule has 92 valence electrons. The average Bonchev–Trinajstić information content (AvgIpc) is 2.57. The van der Waals surface area contributed by atoms with Crippen LogP contribution in [0.5, 0.6) is 0 Å². The van der Waals surface area contributed by atoms with E-state index >= 15 is 0 Å². The summed E-state index contributed by atoms with van der Waals surface area (Å²) >= 11 is 0. The summed E-state index contributed by atoms with van der Waals surface area (Å²) in [5.74, 6) is 0.0440. The summed E-state index contributed by atoms with van der Waals surface area (Å²) in [5, 5.41) is 0. The van der Waals surface area contributed by atoms with Gasteiger partial charge in [-0.05, 0) is 38.8 Å². The van der Waals surface area contributed by atoms with Crippen molar-refractivity contribution in [3.05, 3.63) is 0 Å². The minimum absolute atomic E-state index is 0.0967. The molecule has 3 nitrogen and oxygen atoms in total. The van der Waals surface area contributed by atoms with Gasteiger partial charge in [-0.3, -0.25) is 4.79 Å². The second kappa shape index (κ2) is 5.67. The van der Waals surface area contributed by atoms with E-state index in [0.29, 0.717) is 0 Å². The number of likely N-dealkylation sites (tertiary alicyclic amines) is 1. The van der Waals surface area contributed by atoms with Gasteiger partial charge < -0.3 is 10.6 Å². The van der Waals surface area contributed by atoms with Crippen molar-refractivity contribution in [3.8, 4) is 0 Å². The molecule has 1 aliphatic carbocycles. The third kappa shape index (κ3) is 2.97. The Morgan fingerprint density at radius 1 is 0.938 bits per heavy atom. The van der Waals surface area contributed by atoms with E-state index < -0.39 is 0 Å². The van der Waals surface area contributed by atoms with Crippen LogP contribution in [-0.4, -0.2) is 29.9 Å². The van der Waals surface area contributed by atoms with Crippen LogP contribution in [0, 0.1) is 5.92 Å². The predicted molar refractivity (Wildman–Crippen MR) is 65.0 cm³/mol. The summed E-state index contributed by atoms with van der Waals surface area (Å²) < 4.78 is 0. The fraction of sp³-hybridized carbons (Fsp3) is 0.923. The highest BCUT2D eigenvalue weighted by Crippen LogP contribution is 2.26. The molecule has 1 aliphatic heterocycles. The molecule has 1 heterocycles. The smallest absolute Gasteiger partial charge is 0.220 e. The lowest BCUT2D eigenvalue weighted by atomic mass is 9.94. The summed E-state index contributed by atoms with van der Waals surface area (Å²) in [4.78, 5) is 13.7. The lowest BCUT2D eigenvalue weighted by molar-refractivity contribution is -0.123. The Kier molecular flexibility index (Phi) is 4.22. The van der Waals surface area contributed by atoms with Gasteiger partial charge in [-0.2, -0.15) is 0 Å². The summed E-state index contributed by atoms with van der Waals surface area (Å²) in [6.07, 6.45) is 10.3. The zero-order valence-corrected chi connectivity index (χ0v) is 10.2. The van der Waals surface area contributed by atoms with E-state index in [1.165, 1.54) is 38.5 Å². The normalized spacial score (nSPS) is 26.5. The summed E-state index contributed by atoms with van der Waals surface area (Å²) in [6, 6.07) is 0.788. The zero-order valence-electron chi connectivity index (χ0n) is 10.2. The number of amides is 1. The molecule has 2 aliphatic rings. The van der Waals surface area contributed by atoms with Crippen molar-refractivity contribution in [1.29, 1.82) is 0 Å². The van der Waals surface area contributed by atoms with Gasteiger partial charge in [0.1, 0.15) is 0 Å². The van der Waals surface area contributed by atoms with Crippen molar-refractivity contribution < 1.29 is 4.79 Å². The first-order valence-corrected chi connectivity index (χ1v) is 6.81. The molecule has 0 aromatic heterocycles. The minimum atomic E-state index is -0.0967. The fourth-order valence-corrected chi connectivity index (χ4v) is 3.17. The van der Waals surface area contributed by atoms with Gasteiger partial charge >= 0.3 is 0 Å². The van der Waals surface area contributed by atoms with Crippen LogP contribution in [-0.2, 0) is 4.79 Å². The largest absolute Gasteiger partial charge is 0.369 e. The van der Waals surface area contributed by atoms with Gasteiger partial charge in [-0.15, -0.1) is 0 Å². The molecule has 1 saturated carbocycles. The summed E-state index contributed by atoms with van der Waals surface area (Å²) in [7, 11) is 0. The average molecular weight is 224 g/mol. The quantitative estimate of drug-likeness (QED) is 0.728. The molecule has 0 aromatic rings. The van der Waals surface area contributed by atoms with E-state index in [1.807, 2.05) is 0 Å². The first kappa shape index (κ1) is 11.9. The number of piperidine rings is 1. The molecule has 0 atom stereocenters. The van der Waals surface area contributed by atoms with E-state index in [1.54, 1.807) is 0 Å². The highest BCUT2D eigenvalue weighted by molar-refractivity contribution is 5.76. The lowest BCUT2D eigenvalue weighted by Gasteiger charge is -2.36. The lowest BCUT2D eigenvalue weighted by Crippen LogP contribution is -2.43. The number of nitrogens with two attached hydrogens (primary N) is 1. The maximum Gasteiger partial charge on any atom is 0.220 e. The highest BCUT2D eigenvalue weighted by atomic mass is 16.1. The Morgan fingerprint density at radius 2 is 1.50 bits per heavy atom. The summed E-state index contributed by atoms with van der Waals surface area (Å²) in [5.41, 5.74) is 5.36. The van der Waals surface area contributed by atoms with Crippen molar-refractivity contribution in [2.24, 2.45) is 11.7 Å². The number of hydrogen-bond donors (Lipinski definition) is 1.